The van der Waals surface area contributed by atoms with Gasteiger partial charge in [-0.1, -0.05) is 0 Å². The number of nitrogens with one attached hydrogen (secondary N) is 2. The zero-order valence-electron chi connectivity index (χ0n) is 4.47. The minimum atomic E-state index is -0.560. The molecule has 0 fully saturated rings. The molecule has 0 saturated heterocycles. The van der Waals surface area contributed by atoms with Crippen LogP contribution in [-0.4, -0.2) is 25.0 Å². The number of aliphatic hydroxyl groups is 1. The minimum Gasteiger partial charge on any atom is -0.376 e. The van der Waals surface area contributed by atoms with E-state index in [1.54, 1.807) is 0 Å². The van der Waals surface area contributed by atoms with Crippen molar-refractivity contribution in [2.75, 3.05) is 13.8 Å². The number of amides is 2. The van der Waals surface area contributed by atoms with E-state index in [4.69, 9.17) is 5.11 Å². The average molecular weight is 120 g/mol. The first-order valence-electron chi connectivity index (χ1n) is 1.99. The van der Waals surface area contributed by atoms with Crippen molar-refractivity contribution in [1.29, 1.82) is 0 Å². The van der Waals surface area contributed by atoms with Crippen LogP contribution in [0.1, 0.15) is 0 Å². The molecule has 0 aliphatic rings. The van der Waals surface area contributed by atoms with E-state index in [-0.39, 0.29) is 0 Å². The van der Waals surface area contributed by atoms with E-state index < -0.39 is 12.8 Å². The molecule has 0 heterocycles. The summed E-state index contributed by atoms with van der Waals surface area (Å²) in [5, 5.41) is 10.1. The van der Waals surface area contributed by atoms with Crippen LogP contribution < -0.4 is 10.8 Å². The number of carbonyl (C=O) groups excluding carboxylic acids is 1. The van der Waals surface area contributed by atoms with Gasteiger partial charge in [0.25, 0.3) is 0 Å². The monoisotopic (exact) mass is 120 g/mol. The van der Waals surface area contributed by atoms with Crippen molar-refractivity contribution >= 4 is 6.03 Å². The zero-order chi connectivity index (χ0) is 6.41. The van der Waals surface area contributed by atoms with E-state index in [0.717, 1.165) is 0 Å². The Hall–Kier alpha value is -0.810. The summed E-state index contributed by atoms with van der Waals surface area (Å²) in [6.07, 6.45) is 0. The van der Waals surface area contributed by atoms with E-state index in [0.29, 0.717) is 0 Å². The Morgan fingerprint density at radius 1 is 1.88 bits per heavy atom. The summed E-state index contributed by atoms with van der Waals surface area (Å²) in [6.45, 7) is -0.394. The number of hydrogen-bond donors (Lipinski definition) is 3. The van der Waals surface area contributed by atoms with E-state index in [1.807, 2.05) is 10.8 Å². The van der Waals surface area contributed by atoms with Gasteiger partial charge >= 0.3 is 6.03 Å². The van der Waals surface area contributed by atoms with Crippen molar-refractivity contribution in [1.82, 2.24) is 10.8 Å². The molecule has 5 nitrogen and oxygen atoms in total. The van der Waals surface area contributed by atoms with E-state index in [1.165, 1.54) is 7.11 Å². The first-order chi connectivity index (χ1) is 3.81. The summed E-state index contributed by atoms with van der Waals surface area (Å²) in [4.78, 5) is 14.3. The average Bonchev–Trinajstić information content (AvgIpc) is 1.68. The topological polar surface area (TPSA) is 70.6 Å². The van der Waals surface area contributed by atoms with Crippen LogP contribution in [0, 0.1) is 0 Å². The zero-order valence-corrected chi connectivity index (χ0v) is 4.47. The maximum absolute atomic E-state index is 10.1. The first-order valence-corrected chi connectivity index (χ1v) is 1.99. The van der Waals surface area contributed by atoms with E-state index >= 15 is 0 Å². The Kier molecular flexibility index (Phi) is 3.91. The molecule has 5 heteroatoms. The lowest BCUT2D eigenvalue weighted by Gasteiger charge is -1.99. The lowest BCUT2D eigenvalue weighted by molar-refractivity contribution is 0.103. The quantitative estimate of drug-likeness (QED) is 0.316. The second kappa shape index (κ2) is 4.35. The van der Waals surface area contributed by atoms with Gasteiger partial charge in [-0.2, -0.15) is 0 Å². The van der Waals surface area contributed by atoms with Crippen LogP contribution in [0.3, 0.4) is 0 Å². The summed E-state index contributed by atoms with van der Waals surface area (Å²) in [5.74, 6) is 0. The Morgan fingerprint density at radius 2 is 2.50 bits per heavy atom. The van der Waals surface area contributed by atoms with Crippen molar-refractivity contribution in [3.05, 3.63) is 0 Å². The predicted octanol–water partition coefficient (Wildman–Crippen LogP) is -1.20. The Labute approximate surface area is 46.6 Å². The van der Waals surface area contributed by atoms with Crippen molar-refractivity contribution < 1.29 is 14.7 Å². The van der Waals surface area contributed by atoms with Gasteiger partial charge in [-0.05, 0) is 0 Å². The molecule has 0 spiro atoms. The van der Waals surface area contributed by atoms with Gasteiger partial charge in [0, 0.05) is 0 Å². The maximum atomic E-state index is 10.1. The molecule has 0 atom stereocenters. The molecule has 0 aromatic heterocycles. The van der Waals surface area contributed by atoms with Gasteiger partial charge in [0.1, 0.15) is 6.73 Å². The molecular formula is C3H8N2O3. The number of carbonyl (C=O) groups is 1. The third-order valence-corrected chi connectivity index (χ3v) is 0.434. The van der Waals surface area contributed by atoms with E-state index in [2.05, 4.69) is 4.84 Å². The smallest absolute Gasteiger partial charge is 0.340 e. The van der Waals surface area contributed by atoms with Crippen molar-refractivity contribution in [3.8, 4) is 0 Å². The fraction of sp³-hybridized carbons (Fsp3) is 0.667. The standard InChI is InChI=1S/C3H8N2O3/c1-8-5-3(7)4-2-6/h6H,2H2,1H3,(H2,4,5,7). The number of urea groups is 1. The van der Waals surface area contributed by atoms with Crippen molar-refractivity contribution in [3.63, 3.8) is 0 Å². The fourth-order valence-electron chi connectivity index (χ4n) is 0.201. The number of hydroxylamine groups is 1. The molecule has 0 aliphatic carbocycles. The van der Waals surface area contributed by atoms with Gasteiger partial charge in [0.05, 0.1) is 7.11 Å². The highest BCUT2D eigenvalue weighted by Crippen LogP contribution is 1.58. The molecule has 3 N–H and O–H groups in total. The highest BCUT2D eigenvalue weighted by Gasteiger charge is 1.91. The molecule has 0 saturated carbocycles. The summed E-state index contributed by atoms with van der Waals surface area (Å²) in [5.41, 5.74) is 1.94. The van der Waals surface area contributed by atoms with Gasteiger partial charge in [0.15, 0.2) is 0 Å². The normalized spacial score (nSPS) is 8.25. The molecule has 8 heavy (non-hydrogen) atoms. The minimum absolute atomic E-state index is 0.394. The third-order valence-electron chi connectivity index (χ3n) is 0.434. The van der Waals surface area contributed by atoms with Gasteiger partial charge in [-0.3, -0.25) is 4.84 Å². The van der Waals surface area contributed by atoms with Gasteiger partial charge < -0.3 is 10.4 Å². The molecule has 48 valence electrons. The number of aliphatic hydroxyl groups excluding tert-OH is 1. The van der Waals surface area contributed by atoms with E-state index in [9.17, 15) is 4.79 Å². The van der Waals surface area contributed by atoms with Gasteiger partial charge in [-0.15, -0.1) is 0 Å². The second-order valence-electron chi connectivity index (χ2n) is 0.970. The summed E-state index contributed by atoms with van der Waals surface area (Å²) >= 11 is 0. The summed E-state index contributed by atoms with van der Waals surface area (Å²) in [6, 6.07) is -0.560. The highest BCUT2D eigenvalue weighted by molar-refractivity contribution is 5.72. The molecule has 0 bridgehead atoms. The summed E-state index contributed by atoms with van der Waals surface area (Å²) in [7, 11) is 1.30. The summed E-state index contributed by atoms with van der Waals surface area (Å²) < 4.78 is 0. The first kappa shape index (κ1) is 7.19. The molecular weight excluding hydrogens is 112 g/mol. The van der Waals surface area contributed by atoms with Crippen LogP contribution in [-0.2, 0) is 4.84 Å². The fourth-order valence-corrected chi connectivity index (χ4v) is 0.201. The van der Waals surface area contributed by atoms with Gasteiger partial charge in [0.2, 0.25) is 0 Å². The highest BCUT2D eigenvalue weighted by atomic mass is 16.6. The van der Waals surface area contributed by atoms with Crippen LogP contribution in [0.25, 0.3) is 0 Å². The predicted molar refractivity (Wildman–Crippen MR) is 25.8 cm³/mol. The lowest BCUT2D eigenvalue weighted by Crippen LogP contribution is -2.34. The number of hydrogen-bond acceptors (Lipinski definition) is 3. The van der Waals surface area contributed by atoms with Crippen LogP contribution in [0.15, 0.2) is 0 Å². The van der Waals surface area contributed by atoms with Crippen LogP contribution in [0.4, 0.5) is 4.79 Å². The second-order valence-corrected chi connectivity index (χ2v) is 0.970. The van der Waals surface area contributed by atoms with Crippen LogP contribution in [0.5, 0.6) is 0 Å². The molecule has 2 amide bonds. The van der Waals surface area contributed by atoms with Crippen LogP contribution in [0.2, 0.25) is 0 Å². The maximum Gasteiger partial charge on any atom is 0.340 e. The largest absolute Gasteiger partial charge is 0.376 e. The molecule has 0 aliphatic heterocycles. The Balaban J connectivity index is 3.06. The number of rotatable bonds is 2. The molecule has 0 aromatic rings. The molecule has 0 rings (SSSR count). The Bertz CT molecular complexity index is 66.9. The van der Waals surface area contributed by atoms with Gasteiger partial charge in [-0.25, -0.2) is 10.3 Å². The molecule has 0 aromatic carbocycles. The molecule has 0 unspecified atom stereocenters. The van der Waals surface area contributed by atoms with Crippen molar-refractivity contribution in [2.45, 2.75) is 0 Å². The molecule has 0 radical (unpaired) electrons. The third kappa shape index (κ3) is 3.38. The van der Waals surface area contributed by atoms with Crippen molar-refractivity contribution in [2.24, 2.45) is 0 Å². The van der Waals surface area contributed by atoms with Crippen LogP contribution >= 0.6 is 0 Å². The lowest BCUT2D eigenvalue weighted by atomic mass is 11.0. The SMILES string of the molecule is CONC(=O)NCO. The Morgan fingerprint density at radius 3 is 2.88 bits per heavy atom.